The van der Waals surface area contributed by atoms with E-state index in [0.29, 0.717) is 12.0 Å². The van der Waals surface area contributed by atoms with Crippen molar-refractivity contribution >= 4 is 5.82 Å². The standard InChI is InChI=1S/C16H32N4/c1-8-14(17)10-15-13(5)18-20(7)16(15)19(6)12(4)9-11(2)3/h11-12,14H,8-10,17H2,1-7H3. The van der Waals surface area contributed by atoms with Crippen LogP contribution in [0.25, 0.3) is 0 Å². The zero-order valence-corrected chi connectivity index (χ0v) is 14.3. The van der Waals surface area contributed by atoms with E-state index in [9.17, 15) is 0 Å². The summed E-state index contributed by atoms with van der Waals surface area (Å²) in [6.07, 6.45) is 3.09. The Morgan fingerprint density at radius 3 is 2.40 bits per heavy atom. The van der Waals surface area contributed by atoms with Crippen LogP contribution in [-0.4, -0.2) is 28.9 Å². The Labute approximate surface area is 124 Å². The molecule has 0 saturated carbocycles. The van der Waals surface area contributed by atoms with E-state index in [2.05, 4.69) is 51.7 Å². The molecular weight excluding hydrogens is 248 g/mol. The molecule has 4 heteroatoms. The molecule has 1 aromatic rings. The minimum atomic E-state index is 0.213. The molecule has 0 aliphatic carbocycles. The summed E-state index contributed by atoms with van der Waals surface area (Å²) in [6.45, 7) is 11.1. The number of aryl methyl sites for hydroxylation is 2. The first-order valence-corrected chi connectivity index (χ1v) is 7.78. The summed E-state index contributed by atoms with van der Waals surface area (Å²) >= 11 is 0. The summed E-state index contributed by atoms with van der Waals surface area (Å²) in [6, 6.07) is 0.715. The lowest BCUT2D eigenvalue weighted by atomic mass is 10.0. The second-order valence-corrected chi connectivity index (χ2v) is 6.47. The SMILES string of the molecule is CCC(N)Cc1c(C)nn(C)c1N(C)C(C)CC(C)C. The lowest BCUT2D eigenvalue weighted by Gasteiger charge is -2.29. The number of nitrogens with zero attached hydrogens (tertiary/aromatic N) is 3. The third kappa shape index (κ3) is 3.98. The predicted octanol–water partition coefficient (Wildman–Crippen LogP) is 2.88. The highest BCUT2D eigenvalue weighted by atomic mass is 15.4. The third-order valence-electron chi connectivity index (χ3n) is 4.11. The second kappa shape index (κ2) is 7.11. The van der Waals surface area contributed by atoms with Gasteiger partial charge in [0.05, 0.1) is 5.69 Å². The fraction of sp³-hybridized carbons (Fsp3) is 0.812. The molecule has 0 radical (unpaired) electrons. The van der Waals surface area contributed by atoms with Crippen molar-refractivity contribution in [3.8, 4) is 0 Å². The Hall–Kier alpha value is -1.03. The summed E-state index contributed by atoms with van der Waals surface area (Å²) in [5.41, 5.74) is 8.57. The molecule has 1 rings (SSSR count). The van der Waals surface area contributed by atoms with Crippen molar-refractivity contribution in [3.05, 3.63) is 11.3 Å². The lowest BCUT2D eigenvalue weighted by molar-refractivity contribution is 0.496. The number of aromatic nitrogens is 2. The van der Waals surface area contributed by atoms with E-state index in [1.807, 2.05) is 11.7 Å². The molecule has 0 bridgehead atoms. The highest BCUT2D eigenvalue weighted by Gasteiger charge is 2.22. The molecule has 0 aliphatic heterocycles. The maximum atomic E-state index is 6.15. The average molecular weight is 280 g/mol. The van der Waals surface area contributed by atoms with Crippen LogP contribution >= 0.6 is 0 Å². The Morgan fingerprint density at radius 1 is 1.30 bits per heavy atom. The van der Waals surface area contributed by atoms with E-state index in [0.717, 1.165) is 18.5 Å². The van der Waals surface area contributed by atoms with Crippen LogP contribution in [0.4, 0.5) is 5.82 Å². The number of rotatable bonds is 7. The molecule has 0 spiro atoms. The molecule has 1 aromatic heterocycles. The van der Waals surface area contributed by atoms with Crippen LogP contribution in [-0.2, 0) is 13.5 Å². The molecule has 4 nitrogen and oxygen atoms in total. The smallest absolute Gasteiger partial charge is 0.130 e. The van der Waals surface area contributed by atoms with Gasteiger partial charge in [0.25, 0.3) is 0 Å². The zero-order valence-electron chi connectivity index (χ0n) is 14.3. The fourth-order valence-electron chi connectivity index (χ4n) is 2.83. The van der Waals surface area contributed by atoms with Gasteiger partial charge in [-0.2, -0.15) is 5.10 Å². The van der Waals surface area contributed by atoms with E-state index in [4.69, 9.17) is 5.73 Å². The topological polar surface area (TPSA) is 47.1 Å². The molecule has 20 heavy (non-hydrogen) atoms. The van der Waals surface area contributed by atoms with Crippen molar-refractivity contribution < 1.29 is 0 Å². The van der Waals surface area contributed by atoms with E-state index in [1.54, 1.807) is 0 Å². The van der Waals surface area contributed by atoms with Crippen molar-refractivity contribution in [1.29, 1.82) is 0 Å². The van der Waals surface area contributed by atoms with Gasteiger partial charge in [-0.05, 0) is 39.0 Å². The van der Waals surface area contributed by atoms with Crippen molar-refractivity contribution in [1.82, 2.24) is 9.78 Å². The molecule has 1 heterocycles. The van der Waals surface area contributed by atoms with Gasteiger partial charge in [-0.1, -0.05) is 20.8 Å². The van der Waals surface area contributed by atoms with Crippen LogP contribution in [0.15, 0.2) is 0 Å². The predicted molar refractivity (Wildman–Crippen MR) is 87.2 cm³/mol. The van der Waals surface area contributed by atoms with Gasteiger partial charge in [0, 0.05) is 31.7 Å². The number of anilines is 1. The summed E-state index contributed by atoms with van der Waals surface area (Å²) in [5, 5.41) is 4.60. The summed E-state index contributed by atoms with van der Waals surface area (Å²) < 4.78 is 2.00. The van der Waals surface area contributed by atoms with Crippen molar-refractivity contribution in [2.24, 2.45) is 18.7 Å². The molecule has 0 saturated heterocycles. The number of hydrogen-bond donors (Lipinski definition) is 1. The average Bonchev–Trinajstić information content (AvgIpc) is 2.62. The summed E-state index contributed by atoms with van der Waals surface area (Å²) in [7, 11) is 4.20. The first-order valence-electron chi connectivity index (χ1n) is 7.78. The van der Waals surface area contributed by atoms with E-state index < -0.39 is 0 Å². The highest BCUT2D eigenvalue weighted by Crippen LogP contribution is 2.27. The first-order chi connectivity index (χ1) is 9.27. The molecule has 2 atom stereocenters. The van der Waals surface area contributed by atoms with Crippen LogP contribution < -0.4 is 10.6 Å². The van der Waals surface area contributed by atoms with Crippen LogP contribution in [0, 0.1) is 12.8 Å². The van der Waals surface area contributed by atoms with Gasteiger partial charge < -0.3 is 10.6 Å². The molecule has 0 aromatic carbocycles. The van der Waals surface area contributed by atoms with Gasteiger partial charge in [0.15, 0.2) is 0 Å². The Balaban J connectivity index is 3.03. The van der Waals surface area contributed by atoms with Gasteiger partial charge in [-0.25, -0.2) is 0 Å². The number of nitrogens with two attached hydrogens (primary N) is 1. The minimum Gasteiger partial charge on any atom is -0.357 e. The quantitative estimate of drug-likeness (QED) is 0.835. The van der Waals surface area contributed by atoms with Crippen LogP contribution in [0.1, 0.15) is 51.8 Å². The van der Waals surface area contributed by atoms with E-state index in [1.165, 1.54) is 17.8 Å². The molecule has 116 valence electrons. The molecule has 0 aliphatic rings. The Morgan fingerprint density at radius 2 is 1.90 bits per heavy atom. The number of hydrogen-bond acceptors (Lipinski definition) is 3. The van der Waals surface area contributed by atoms with Crippen LogP contribution in [0.5, 0.6) is 0 Å². The molecule has 2 unspecified atom stereocenters. The molecule has 2 N–H and O–H groups in total. The van der Waals surface area contributed by atoms with Crippen molar-refractivity contribution in [2.75, 3.05) is 11.9 Å². The highest BCUT2D eigenvalue weighted by molar-refractivity contribution is 5.50. The first kappa shape index (κ1) is 17.0. The van der Waals surface area contributed by atoms with Crippen LogP contribution in [0.2, 0.25) is 0 Å². The molecule has 0 fully saturated rings. The minimum absolute atomic E-state index is 0.213. The van der Waals surface area contributed by atoms with Crippen molar-refractivity contribution in [3.63, 3.8) is 0 Å². The Bertz CT molecular complexity index is 422. The maximum absolute atomic E-state index is 6.15. The lowest BCUT2D eigenvalue weighted by Crippen LogP contribution is -2.33. The summed E-state index contributed by atoms with van der Waals surface area (Å²) in [5.74, 6) is 1.92. The third-order valence-corrected chi connectivity index (χ3v) is 4.11. The normalized spacial score (nSPS) is 14.7. The zero-order chi connectivity index (χ0) is 15.4. The van der Waals surface area contributed by atoms with Gasteiger partial charge in [-0.3, -0.25) is 4.68 Å². The van der Waals surface area contributed by atoms with Crippen LogP contribution in [0.3, 0.4) is 0 Å². The van der Waals surface area contributed by atoms with Gasteiger partial charge in [0.1, 0.15) is 5.82 Å². The maximum Gasteiger partial charge on any atom is 0.130 e. The largest absolute Gasteiger partial charge is 0.357 e. The van der Waals surface area contributed by atoms with Gasteiger partial charge in [0.2, 0.25) is 0 Å². The molecular formula is C16H32N4. The molecule has 0 amide bonds. The van der Waals surface area contributed by atoms with E-state index >= 15 is 0 Å². The van der Waals surface area contributed by atoms with Gasteiger partial charge in [-0.15, -0.1) is 0 Å². The van der Waals surface area contributed by atoms with Crippen molar-refractivity contribution in [2.45, 2.75) is 66.0 Å². The summed E-state index contributed by atoms with van der Waals surface area (Å²) in [4.78, 5) is 2.36. The monoisotopic (exact) mass is 280 g/mol. The Kier molecular flexibility index (Phi) is 6.06. The second-order valence-electron chi connectivity index (χ2n) is 6.47. The van der Waals surface area contributed by atoms with E-state index in [-0.39, 0.29) is 6.04 Å². The van der Waals surface area contributed by atoms with Gasteiger partial charge >= 0.3 is 0 Å². The fourth-order valence-corrected chi connectivity index (χ4v) is 2.83.